The number of hydrogen-bond donors (Lipinski definition) is 1. The number of nitrogens with zero attached hydrogens (tertiary/aromatic N) is 2. The molecular weight excluding hydrogens is 318 g/mol. The van der Waals surface area contributed by atoms with Crippen LogP contribution in [0.1, 0.15) is 18.2 Å². The first-order chi connectivity index (χ1) is 12.2. The maximum absolute atomic E-state index is 12.8. The fraction of sp³-hybridized carbons (Fsp3) is 0.211. The van der Waals surface area contributed by atoms with Crippen LogP contribution >= 0.6 is 0 Å². The number of benzene rings is 2. The maximum Gasteiger partial charge on any atom is 0.242 e. The Morgan fingerprint density at radius 2 is 2.08 bits per heavy atom. The lowest BCUT2D eigenvalue weighted by Crippen LogP contribution is -2.34. The second-order valence-corrected chi connectivity index (χ2v) is 5.98. The molecule has 0 fully saturated rings. The number of carbonyl (C=O) groups is 2. The first kappa shape index (κ1) is 15.4. The van der Waals surface area contributed by atoms with Crippen molar-refractivity contribution in [1.29, 1.82) is 0 Å². The quantitative estimate of drug-likeness (QED) is 0.747. The van der Waals surface area contributed by atoms with Crippen LogP contribution in [0.4, 0.5) is 5.69 Å². The molecule has 0 saturated heterocycles. The summed E-state index contributed by atoms with van der Waals surface area (Å²) in [5, 5.41) is 2.81. The molecule has 126 valence electrons. The topological polar surface area (TPSA) is 73.2 Å². The molecular formula is C19H17N3O3. The molecule has 1 aliphatic heterocycles. The highest BCUT2D eigenvalue weighted by atomic mass is 16.5. The van der Waals surface area contributed by atoms with E-state index < -0.39 is 5.92 Å². The molecule has 4 rings (SSSR count). The van der Waals surface area contributed by atoms with Crippen LogP contribution in [0.15, 0.2) is 48.5 Å². The van der Waals surface area contributed by atoms with E-state index in [4.69, 9.17) is 4.74 Å². The monoisotopic (exact) mass is 335 g/mol. The van der Waals surface area contributed by atoms with Crippen LogP contribution in [0.3, 0.4) is 0 Å². The highest BCUT2D eigenvalue weighted by Gasteiger charge is 2.36. The van der Waals surface area contributed by atoms with Crippen molar-refractivity contribution in [2.45, 2.75) is 18.9 Å². The van der Waals surface area contributed by atoms with Gasteiger partial charge in [0.05, 0.1) is 18.1 Å². The fourth-order valence-electron chi connectivity index (χ4n) is 3.24. The van der Waals surface area contributed by atoms with Crippen LogP contribution in [0, 0.1) is 0 Å². The van der Waals surface area contributed by atoms with E-state index in [2.05, 4.69) is 10.3 Å². The van der Waals surface area contributed by atoms with Gasteiger partial charge < -0.3 is 14.6 Å². The minimum absolute atomic E-state index is 0.108. The largest absolute Gasteiger partial charge is 0.497 e. The number of fused-ring (bicyclic) bond motifs is 3. The molecule has 25 heavy (non-hydrogen) atoms. The average Bonchev–Trinajstić information content (AvgIpc) is 3.00. The molecule has 2 heterocycles. The molecule has 0 bridgehead atoms. The molecule has 0 spiro atoms. The Morgan fingerprint density at radius 3 is 2.92 bits per heavy atom. The summed E-state index contributed by atoms with van der Waals surface area (Å²) in [6.07, 6.45) is 0.323. The highest BCUT2D eigenvalue weighted by molar-refractivity contribution is 6.12. The van der Waals surface area contributed by atoms with E-state index in [0.717, 1.165) is 11.0 Å². The van der Waals surface area contributed by atoms with Gasteiger partial charge in [0.25, 0.3) is 0 Å². The molecule has 2 aromatic carbocycles. The summed E-state index contributed by atoms with van der Waals surface area (Å²) in [6, 6.07) is 14.7. The van der Waals surface area contributed by atoms with Crippen LogP contribution in [0.2, 0.25) is 0 Å². The molecule has 0 radical (unpaired) electrons. The molecule has 0 aliphatic carbocycles. The number of aromatic nitrogens is 2. The molecule has 0 saturated carbocycles. The zero-order valence-electron chi connectivity index (χ0n) is 13.7. The van der Waals surface area contributed by atoms with Crippen molar-refractivity contribution in [3.63, 3.8) is 0 Å². The molecule has 1 unspecified atom stereocenters. The molecule has 6 nitrogen and oxygen atoms in total. The number of methoxy groups -OCH3 is 1. The third-order valence-corrected chi connectivity index (χ3v) is 4.45. The Bertz CT molecular complexity index is 977. The number of para-hydroxylation sites is 2. The van der Waals surface area contributed by atoms with Gasteiger partial charge >= 0.3 is 0 Å². The van der Waals surface area contributed by atoms with E-state index in [1.54, 1.807) is 31.4 Å². The van der Waals surface area contributed by atoms with Crippen LogP contribution in [0.25, 0.3) is 11.0 Å². The number of Topliss-reactive ketones (excluding diaryl/α,β-unsaturated/α-hetero) is 1. The van der Waals surface area contributed by atoms with Crippen molar-refractivity contribution in [3.8, 4) is 5.75 Å². The standard InChI is InChI=1S/C19H17N3O3/c1-25-13-6-4-5-12(11-13)20-19(24)17-16(23)9-10-22-15-8-3-2-7-14(15)21-18(17)22/h2-8,11,17H,9-10H2,1H3,(H,20,24). The number of nitrogens with one attached hydrogen (secondary N) is 1. The fourth-order valence-corrected chi connectivity index (χ4v) is 3.24. The molecule has 1 aliphatic rings. The highest BCUT2D eigenvalue weighted by Crippen LogP contribution is 2.29. The zero-order valence-corrected chi connectivity index (χ0v) is 13.7. The first-order valence-electron chi connectivity index (χ1n) is 8.10. The van der Waals surface area contributed by atoms with Gasteiger partial charge in [-0.2, -0.15) is 0 Å². The molecule has 1 atom stereocenters. The van der Waals surface area contributed by atoms with Crippen molar-refractivity contribution < 1.29 is 14.3 Å². The zero-order chi connectivity index (χ0) is 17.4. The van der Waals surface area contributed by atoms with Crippen LogP contribution < -0.4 is 10.1 Å². The van der Waals surface area contributed by atoms with Gasteiger partial charge in [-0.3, -0.25) is 9.59 Å². The van der Waals surface area contributed by atoms with Crippen LogP contribution in [-0.4, -0.2) is 28.4 Å². The lowest BCUT2D eigenvalue weighted by Gasteiger charge is -2.22. The van der Waals surface area contributed by atoms with Crippen molar-refractivity contribution in [3.05, 3.63) is 54.4 Å². The van der Waals surface area contributed by atoms with E-state index in [1.807, 2.05) is 28.8 Å². The molecule has 6 heteroatoms. The number of ketones is 1. The van der Waals surface area contributed by atoms with Gasteiger partial charge in [-0.1, -0.05) is 18.2 Å². The third-order valence-electron chi connectivity index (χ3n) is 4.45. The first-order valence-corrected chi connectivity index (χ1v) is 8.10. The van der Waals surface area contributed by atoms with Crippen molar-refractivity contribution in [1.82, 2.24) is 9.55 Å². The predicted molar refractivity (Wildman–Crippen MR) is 93.7 cm³/mol. The Balaban J connectivity index is 1.70. The van der Waals surface area contributed by atoms with Gasteiger partial charge in [0.2, 0.25) is 5.91 Å². The van der Waals surface area contributed by atoms with Gasteiger partial charge in [0, 0.05) is 24.7 Å². The second kappa shape index (κ2) is 6.05. The van der Waals surface area contributed by atoms with E-state index in [0.29, 0.717) is 30.2 Å². The summed E-state index contributed by atoms with van der Waals surface area (Å²) in [4.78, 5) is 29.8. The maximum atomic E-state index is 12.8. The van der Waals surface area contributed by atoms with E-state index >= 15 is 0 Å². The molecule has 1 N–H and O–H groups in total. The molecule has 1 aromatic heterocycles. The van der Waals surface area contributed by atoms with Gasteiger partial charge in [0.15, 0.2) is 11.7 Å². The Hall–Kier alpha value is -3.15. The van der Waals surface area contributed by atoms with E-state index in [-0.39, 0.29) is 11.7 Å². The minimum Gasteiger partial charge on any atom is -0.497 e. The average molecular weight is 335 g/mol. The van der Waals surface area contributed by atoms with Crippen molar-refractivity contribution in [2.75, 3.05) is 12.4 Å². The lowest BCUT2D eigenvalue weighted by atomic mass is 9.96. The Kier molecular flexibility index (Phi) is 3.72. The van der Waals surface area contributed by atoms with Crippen molar-refractivity contribution >= 4 is 28.4 Å². The summed E-state index contributed by atoms with van der Waals surface area (Å²) in [6.45, 7) is 0.553. The van der Waals surface area contributed by atoms with Gasteiger partial charge in [-0.25, -0.2) is 4.98 Å². The van der Waals surface area contributed by atoms with Crippen LogP contribution in [0.5, 0.6) is 5.75 Å². The van der Waals surface area contributed by atoms with Gasteiger partial charge in [-0.15, -0.1) is 0 Å². The SMILES string of the molecule is COc1cccc(NC(=O)C2C(=O)CCn3c2nc2ccccc23)c1. The molecule has 3 aromatic rings. The summed E-state index contributed by atoms with van der Waals surface area (Å²) in [5.74, 6) is -0.220. The smallest absolute Gasteiger partial charge is 0.242 e. The summed E-state index contributed by atoms with van der Waals surface area (Å²) in [5.41, 5.74) is 2.33. The number of amides is 1. The Morgan fingerprint density at radius 1 is 1.24 bits per heavy atom. The number of imidazole rings is 1. The predicted octanol–water partition coefficient (Wildman–Crippen LogP) is 2.74. The normalized spacial score (nSPS) is 16.5. The van der Waals surface area contributed by atoms with Gasteiger partial charge in [0.1, 0.15) is 11.6 Å². The van der Waals surface area contributed by atoms with E-state index in [1.165, 1.54) is 0 Å². The number of rotatable bonds is 3. The number of anilines is 1. The van der Waals surface area contributed by atoms with Crippen molar-refractivity contribution in [2.24, 2.45) is 0 Å². The third kappa shape index (κ3) is 2.65. The summed E-state index contributed by atoms with van der Waals surface area (Å²) in [7, 11) is 1.56. The lowest BCUT2D eigenvalue weighted by molar-refractivity contribution is -0.128. The van der Waals surface area contributed by atoms with Crippen LogP contribution in [-0.2, 0) is 16.1 Å². The summed E-state index contributed by atoms with van der Waals surface area (Å²) < 4.78 is 7.13. The number of carbonyl (C=O) groups excluding carboxylic acids is 2. The summed E-state index contributed by atoms with van der Waals surface area (Å²) >= 11 is 0. The second-order valence-electron chi connectivity index (χ2n) is 5.98. The number of ether oxygens (including phenoxy) is 1. The van der Waals surface area contributed by atoms with Gasteiger partial charge in [-0.05, 0) is 24.3 Å². The number of hydrogen-bond acceptors (Lipinski definition) is 4. The minimum atomic E-state index is -0.896. The number of aryl methyl sites for hydroxylation is 1. The van der Waals surface area contributed by atoms with E-state index in [9.17, 15) is 9.59 Å². The molecule has 1 amide bonds. The Labute approximate surface area is 144 Å².